The lowest BCUT2D eigenvalue weighted by Gasteiger charge is -2.29. The molecule has 120 valence electrons. The third kappa shape index (κ3) is 3.35. The highest BCUT2D eigenvalue weighted by atomic mass is 19.1. The summed E-state index contributed by atoms with van der Waals surface area (Å²) in [5.74, 6) is 2.35. The number of para-hydroxylation sites is 1. The third-order valence-electron chi connectivity index (χ3n) is 5.29. The molecule has 0 aromatic heterocycles. The Morgan fingerprint density at radius 3 is 2.59 bits per heavy atom. The van der Waals surface area contributed by atoms with Gasteiger partial charge in [-0.3, -0.25) is 0 Å². The van der Waals surface area contributed by atoms with Crippen LogP contribution in [0.1, 0.15) is 19.8 Å². The summed E-state index contributed by atoms with van der Waals surface area (Å²) in [6.07, 6.45) is 7.55. The lowest BCUT2D eigenvalue weighted by Crippen LogP contribution is -2.36. The van der Waals surface area contributed by atoms with Crippen molar-refractivity contribution in [3.05, 3.63) is 42.2 Å². The molecule has 0 spiro atoms. The predicted octanol–water partition coefficient (Wildman–Crippen LogP) is 3.80. The molecule has 2 aliphatic rings. The lowest BCUT2D eigenvalue weighted by molar-refractivity contribution is 0.258. The highest BCUT2D eigenvalue weighted by Gasteiger charge is 2.35. The van der Waals surface area contributed by atoms with Crippen molar-refractivity contribution in [3.8, 4) is 0 Å². The highest BCUT2D eigenvalue weighted by molar-refractivity contribution is 5.47. The number of anilines is 1. The summed E-state index contributed by atoms with van der Waals surface area (Å²) in [4.78, 5) is 4.55. The van der Waals surface area contributed by atoms with Crippen LogP contribution in [-0.2, 0) is 0 Å². The van der Waals surface area contributed by atoms with Crippen molar-refractivity contribution in [3.63, 3.8) is 0 Å². The molecule has 0 saturated heterocycles. The van der Waals surface area contributed by atoms with E-state index < -0.39 is 0 Å². The van der Waals surface area contributed by atoms with E-state index in [2.05, 4.69) is 35.9 Å². The maximum atomic E-state index is 13.9. The molecule has 3 atom stereocenters. The van der Waals surface area contributed by atoms with E-state index in [-0.39, 0.29) is 5.82 Å². The van der Waals surface area contributed by atoms with Gasteiger partial charge in [-0.2, -0.15) is 0 Å². The van der Waals surface area contributed by atoms with Crippen molar-refractivity contribution in [2.24, 2.45) is 17.8 Å². The molecule has 3 heteroatoms. The van der Waals surface area contributed by atoms with Crippen LogP contribution in [0.15, 0.2) is 36.4 Å². The van der Waals surface area contributed by atoms with Crippen LogP contribution < -0.4 is 4.90 Å². The van der Waals surface area contributed by atoms with Crippen molar-refractivity contribution in [2.45, 2.75) is 19.8 Å². The van der Waals surface area contributed by atoms with E-state index in [0.717, 1.165) is 43.1 Å². The summed E-state index contributed by atoms with van der Waals surface area (Å²) in [5.41, 5.74) is 0.723. The van der Waals surface area contributed by atoms with Crippen LogP contribution >= 0.6 is 0 Å². The fourth-order valence-corrected chi connectivity index (χ4v) is 4.04. The van der Waals surface area contributed by atoms with E-state index in [9.17, 15) is 4.39 Å². The first kappa shape index (κ1) is 15.5. The standard InChI is InChI=1S/C19H27FN2/c1-3-22(19-7-5-4-6-18(19)20)11-10-21(2)14-17-13-15-8-9-16(17)12-15/h4-9,15-17H,3,10-14H2,1-2H3. The zero-order chi connectivity index (χ0) is 15.5. The lowest BCUT2D eigenvalue weighted by atomic mass is 9.93. The van der Waals surface area contributed by atoms with Crippen LogP contribution in [0.25, 0.3) is 0 Å². The molecule has 0 radical (unpaired) electrons. The topological polar surface area (TPSA) is 6.48 Å². The van der Waals surface area contributed by atoms with Crippen molar-refractivity contribution in [2.75, 3.05) is 38.1 Å². The minimum Gasteiger partial charge on any atom is -0.368 e. The van der Waals surface area contributed by atoms with Gasteiger partial charge in [0.05, 0.1) is 5.69 Å². The molecule has 0 aliphatic heterocycles. The highest BCUT2D eigenvalue weighted by Crippen LogP contribution is 2.43. The molecular weight excluding hydrogens is 275 g/mol. The summed E-state index contributed by atoms with van der Waals surface area (Å²) in [6.45, 7) is 5.96. The summed E-state index contributed by atoms with van der Waals surface area (Å²) in [7, 11) is 2.20. The van der Waals surface area contributed by atoms with Crippen LogP contribution in [0.5, 0.6) is 0 Å². The van der Waals surface area contributed by atoms with Gasteiger partial charge in [-0.25, -0.2) is 4.39 Å². The Balaban J connectivity index is 1.50. The minimum absolute atomic E-state index is 0.120. The summed E-state index contributed by atoms with van der Waals surface area (Å²) in [6, 6.07) is 7.08. The van der Waals surface area contributed by atoms with Crippen molar-refractivity contribution in [1.29, 1.82) is 0 Å². The van der Waals surface area contributed by atoms with Gasteiger partial charge in [-0.05, 0) is 56.7 Å². The number of fused-ring (bicyclic) bond motifs is 2. The molecule has 3 rings (SSSR count). The minimum atomic E-state index is -0.120. The molecule has 1 saturated carbocycles. The number of rotatable bonds is 7. The molecule has 0 heterocycles. The summed E-state index contributed by atoms with van der Waals surface area (Å²) < 4.78 is 13.9. The number of nitrogens with zero attached hydrogens (tertiary/aromatic N) is 2. The third-order valence-corrected chi connectivity index (χ3v) is 5.29. The van der Waals surface area contributed by atoms with Crippen LogP contribution in [-0.4, -0.2) is 38.1 Å². The fraction of sp³-hybridized carbons (Fsp3) is 0.579. The fourth-order valence-electron chi connectivity index (χ4n) is 4.04. The first-order valence-corrected chi connectivity index (χ1v) is 8.53. The quantitative estimate of drug-likeness (QED) is 0.707. The number of allylic oxidation sites excluding steroid dienone is 2. The van der Waals surface area contributed by atoms with E-state index in [1.807, 2.05) is 12.1 Å². The van der Waals surface area contributed by atoms with E-state index >= 15 is 0 Å². The Bertz CT molecular complexity index is 528. The molecule has 0 amide bonds. The second-order valence-corrected chi connectivity index (χ2v) is 6.83. The van der Waals surface area contributed by atoms with Gasteiger partial charge in [0, 0.05) is 26.2 Å². The molecule has 1 aromatic rings. The van der Waals surface area contributed by atoms with Crippen LogP contribution in [0, 0.1) is 23.6 Å². The van der Waals surface area contributed by atoms with Gasteiger partial charge in [0.15, 0.2) is 0 Å². The summed E-state index contributed by atoms with van der Waals surface area (Å²) >= 11 is 0. The van der Waals surface area contributed by atoms with Crippen LogP contribution in [0.2, 0.25) is 0 Å². The smallest absolute Gasteiger partial charge is 0.146 e. The van der Waals surface area contributed by atoms with Gasteiger partial charge in [0.25, 0.3) is 0 Å². The van der Waals surface area contributed by atoms with Crippen molar-refractivity contribution in [1.82, 2.24) is 4.90 Å². The molecule has 2 aliphatic carbocycles. The Labute approximate surface area is 133 Å². The zero-order valence-corrected chi connectivity index (χ0v) is 13.7. The van der Waals surface area contributed by atoms with Gasteiger partial charge in [0.1, 0.15) is 5.82 Å². The monoisotopic (exact) mass is 302 g/mol. The van der Waals surface area contributed by atoms with Gasteiger partial charge in [-0.15, -0.1) is 0 Å². The largest absolute Gasteiger partial charge is 0.368 e. The first-order valence-electron chi connectivity index (χ1n) is 8.53. The Morgan fingerprint density at radius 1 is 1.14 bits per heavy atom. The predicted molar refractivity (Wildman–Crippen MR) is 90.6 cm³/mol. The van der Waals surface area contributed by atoms with E-state index in [1.54, 1.807) is 12.1 Å². The molecule has 3 unspecified atom stereocenters. The number of hydrogen-bond donors (Lipinski definition) is 0. The second kappa shape index (κ2) is 6.82. The Hall–Kier alpha value is -1.35. The molecule has 2 bridgehead atoms. The molecule has 2 nitrogen and oxygen atoms in total. The molecule has 22 heavy (non-hydrogen) atoms. The zero-order valence-electron chi connectivity index (χ0n) is 13.7. The molecular formula is C19H27FN2. The van der Waals surface area contributed by atoms with E-state index in [0.29, 0.717) is 0 Å². The van der Waals surface area contributed by atoms with Gasteiger partial charge in [0.2, 0.25) is 0 Å². The Kier molecular flexibility index (Phi) is 4.82. The Morgan fingerprint density at radius 2 is 1.95 bits per heavy atom. The average Bonchev–Trinajstić information content (AvgIpc) is 3.12. The maximum absolute atomic E-state index is 13.9. The number of likely N-dealkylation sites (N-methyl/N-ethyl adjacent to an activating group) is 2. The van der Waals surface area contributed by atoms with Gasteiger partial charge >= 0.3 is 0 Å². The van der Waals surface area contributed by atoms with Crippen molar-refractivity contribution < 1.29 is 4.39 Å². The number of benzene rings is 1. The normalized spacial score (nSPS) is 26.1. The van der Waals surface area contributed by atoms with Gasteiger partial charge in [-0.1, -0.05) is 24.3 Å². The molecule has 1 aromatic carbocycles. The first-order chi connectivity index (χ1) is 10.7. The molecule has 1 fully saturated rings. The molecule has 0 N–H and O–H groups in total. The number of halogens is 1. The average molecular weight is 302 g/mol. The summed E-state index contributed by atoms with van der Waals surface area (Å²) in [5, 5.41) is 0. The second-order valence-electron chi connectivity index (χ2n) is 6.83. The van der Waals surface area contributed by atoms with Crippen LogP contribution in [0.4, 0.5) is 10.1 Å². The van der Waals surface area contributed by atoms with E-state index in [4.69, 9.17) is 0 Å². The maximum Gasteiger partial charge on any atom is 0.146 e. The van der Waals surface area contributed by atoms with Crippen LogP contribution in [0.3, 0.4) is 0 Å². The van der Waals surface area contributed by atoms with E-state index in [1.165, 1.54) is 19.4 Å². The number of hydrogen-bond acceptors (Lipinski definition) is 2. The van der Waals surface area contributed by atoms with Crippen molar-refractivity contribution >= 4 is 5.69 Å². The van der Waals surface area contributed by atoms with Gasteiger partial charge < -0.3 is 9.80 Å². The SMILES string of the molecule is CCN(CCN(C)CC1CC2C=CC1C2)c1ccccc1F.